The van der Waals surface area contributed by atoms with Gasteiger partial charge in [0.15, 0.2) is 5.69 Å². The maximum atomic E-state index is 13.2. The van der Waals surface area contributed by atoms with Crippen molar-refractivity contribution >= 4 is 17.5 Å². The van der Waals surface area contributed by atoms with Crippen LogP contribution in [0.3, 0.4) is 0 Å². The Hall–Kier alpha value is -3.30. The topological polar surface area (TPSA) is 82.6 Å². The van der Waals surface area contributed by atoms with Crippen molar-refractivity contribution in [2.24, 2.45) is 0 Å². The number of halogens is 3. The summed E-state index contributed by atoms with van der Waals surface area (Å²) in [5, 5.41) is 2.74. The van der Waals surface area contributed by atoms with Gasteiger partial charge in [0.05, 0.1) is 20.5 Å². The van der Waals surface area contributed by atoms with Gasteiger partial charge in [-0.3, -0.25) is 0 Å². The van der Waals surface area contributed by atoms with Crippen LogP contribution in [0.15, 0.2) is 36.6 Å². The van der Waals surface area contributed by atoms with E-state index in [1.807, 2.05) is 0 Å². The number of ether oxygens (including phenoxy) is 3. The van der Waals surface area contributed by atoms with Crippen LogP contribution in [0, 0.1) is 0 Å². The van der Waals surface area contributed by atoms with Crippen molar-refractivity contribution in [2.45, 2.75) is 32.7 Å². The van der Waals surface area contributed by atoms with Gasteiger partial charge >= 0.3 is 12.1 Å². The highest BCUT2D eigenvalue weighted by Crippen LogP contribution is 2.31. The first-order valence-corrected chi connectivity index (χ1v) is 8.90. The van der Waals surface area contributed by atoms with Crippen LogP contribution in [0.5, 0.6) is 5.88 Å². The van der Waals surface area contributed by atoms with Gasteiger partial charge < -0.3 is 19.5 Å². The normalized spacial score (nSPS) is 11.9. The summed E-state index contributed by atoms with van der Waals surface area (Å²) < 4.78 is 54.8. The summed E-state index contributed by atoms with van der Waals surface area (Å²) in [6.07, 6.45) is -3.44. The maximum absolute atomic E-state index is 13.2. The number of methoxy groups -OCH3 is 2. The number of nitrogens with one attached hydrogen (secondary N) is 1. The first kappa shape index (κ1) is 23.0. The molecule has 1 heterocycles. The summed E-state index contributed by atoms with van der Waals surface area (Å²) in [5.74, 6) is -1.09. The summed E-state index contributed by atoms with van der Waals surface area (Å²) >= 11 is 0. The van der Waals surface area contributed by atoms with Gasteiger partial charge in [0.1, 0.15) is 12.2 Å². The first-order valence-electron chi connectivity index (χ1n) is 8.90. The van der Waals surface area contributed by atoms with E-state index >= 15 is 0 Å². The molecule has 0 saturated carbocycles. The highest BCUT2D eigenvalue weighted by atomic mass is 19.4. The van der Waals surface area contributed by atoms with Crippen LogP contribution < -0.4 is 10.1 Å². The molecule has 1 N–H and O–H groups in total. The molecule has 2 aromatic rings. The monoisotopic (exact) mass is 425 g/mol. The predicted octanol–water partition coefficient (Wildman–Crippen LogP) is 4.06. The molecule has 1 aromatic heterocycles. The van der Waals surface area contributed by atoms with Crippen LogP contribution in [-0.2, 0) is 27.1 Å². The molecule has 7 nitrogen and oxygen atoms in total. The number of carbonyl (C=O) groups excluding carboxylic acids is 1. The Labute approximate surface area is 171 Å². The number of alkyl halides is 3. The van der Waals surface area contributed by atoms with Gasteiger partial charge in [-0.15, -0.1) is 0 Å². The molecular formula is C20H22F3N3O4. The van der Waals surface area contributed by atoms with Crippen LogP contribution in [0.1, 0.15) is 30.7 Å². The fraction of sp³-hybridized carbons (Fsp3) is 0.350. The molecule has 0 fully saturated rings. The van der Waals surface area contributed by atoms with E-state index in [0.29, 0.717) is 11.1 Å². The van der Waals surface area contributed by atoms with Crippen molar-refractivity contribution in [3.8, 4) is 5.88 Å². The number of benzene rings is 1. The molecule has 0 aliphatic carbocycles. The van der Waals surface area contributed by atoms with Gasteiger partial charge in [-0.25, -0.2) is 9.78 Å². The molecule has 0 spiro atoms. The first-order chi connectivity index (χ1) is 14.2. The van der Waals surface area contributed by atoms with Crippen molar-refractivity contribution in [1.29, 1.82) is 0 Å². The summed E-state index contributed by atoms with van der Waals surface area (Å²) in [5.41, 5.74) is -0.00735. The smallest absolute Gasteiger partial charge is 0.433 e. The van der Waals surface area contributed by atoms with Crippen LogP contribution in [-0.4, -0.2) is 36.2 Å². The zero-order valence-corrected chi connectivity index (χ0v) is 16.9. The Morgan fingerprint density at radius 2 is 1.90 bits per heavy atom. The van der Waals surface area contributed by atoms with Crippen LogP contribution in [0.2, 0.25) is 0 Å². The van der Waals surface area contributed by atoms with Gasteiger partial charge in [-0.1, -0.05) is 24.3 Å². The fourth-order valence-corrected chi connectivity index (χ4v) is 2.48. The van der Waals surface area contributed by atoms with Gasteiger partial charge in [-0.2, -0.15) is 18.2 Å². The molecule has 10 heteroatoms. The molecule has 2 rings (SSSR count). The van der Waals surface area contributed by atoms with Crippen LogP contribution in [0.25, 0.3) is 5.57 Å². The Bertz CT molecular complexity index is 914. The predicted molar refractivity (Wildman–Crippen MR) is 104 cm³/mol. The number of hydrogen-bond acceptors (Lipinski definition) is 7. The van der Waals surface area contributed by atoms with E-state index < -0.39 is 17.8 Å². The van der Waals surface area contributed by atoms with Crippen molar-refractivity contribution in [2.75, 3.05) is 19.5 Å². The Balaban J connectivity index is 2.36. The summed E-state index contributed by atoms with van der Waals surface area (Å²) in [6.45, 7) is 3.34. The average Bonchev–Trinajstić information content (AvgIpc) is 2.69. The number of hydrogen-bond donors (Lipinski definition) is 1. The van der Waals surface area contributed by atoms with Gasteiger partial charge in [-0.05, 0) is 25.0 Å². The lowest BCUT2D eigenvalue weighted by Gasteiger charge is -2.15. The molecule has 0 amide bonds. The molecule has 0 unspecified atom stereocenters. The Morgan fingerprint density at radius 3 is 2.50 bits per heavy atom. The van der Waals surface area contributed by atoms with E-state index in [0.717, 1.165) is 6.07 Å². The molecular weight excluding hydrogens is 403 g/mol. The van der Waals surface area contributed by atoms with Crippen LogP contribution in [0.4, 0.5) is 19.1 Å². The van der Waals surface area contributed by atoms with Gasteiger partial charge in [0.2, 0.25) is 11.8 Å². The van der Waals surface area contributed by atoms with E-state index in [4.69, 9.17) is 14.2 Å². The molecule has 30 heavy (non-hydrogen) atoms. The third-order valence-electron chi connectivity index (χ3n) is 3.73. The lowest BCUT2D eigenvalue weighted by molar-refractivity contribution is -0.141. The van der Waals surface area contributed by atoms with Crippen molar-refractivity contribution < 1.29 is 32.2 Å². The van der Waals surface area contributed by atoms with E-state index in [9.17, 15) is 18.0 Å². The third kappa shape index (κ3) is 6.10. The van der Waals surface area contributed by atoms with E-state index in [1.165, 1.54) is 20.5 Å². The molecule has 162 valence electrons. The number of carbonyl (C=O) groups is 1. The van der Waals surface area contributed by atoms with Gasteiger partial charge in [0.25, 0.3) is 0 Å². The summed E-state index contributed by atoms with van der Waals surface area (Å²) in [4.78, 5) is 19.5. The van der Waals surface area contributed by atoms with E-state index in [-0.39, 0.29) is 30.1 Å². The number of rotatable bonds is 8. The summed E-state index contributed by atoms with van der Waals surface area (Å²) in [6, 6.07) is 7.26. The quantitative estimate of drug-likeness (QED) is 0.388. The second-order valence-electron chi connectivity index (χ2n) is 6.42. The zero-order chi connectivity index (χ0) is 22.3. The van der Waals surface area contributed by atoms with Crippen LogP contribution >= 0.6 is 0 Å². The second-order valence-corrected chi connectivity index (χ2v) is 6.42. The van der Waals surface area contributed by atoms with Crippen molar-refractivity contribution in [3.63, 3.8) is 0 Å². The highest BCUT2D eigenvalue weighted by molar-refractivity contribution is 6.16. The van der Waals surface area contributed by atoms with Crippen molar-refractivity contribution in [1.82, 2.24) is 9.97 Å². The lowest BCUT2D eigenvalue weighted by Crippen LogP contribution is -2.17. The maximum Gasteiger partial charge on any atom is 0.433 e. The minimum atomic E-state index is -4.66. The lowest BCUT2D eigenvalue weighted by atomic mass is 10.0. The molecule has 1 aromatic carbocycles. The number of aromatic nitrogens is 2. The SMILES string of the molecule is CO/C=C(\C(=O)OC)c1ccccc1COc1cc(C(F)(F)F)nc(NC(C)C)n1. The standard InChI is InChI=1S/C20H22F3N3O4/c1-12(2)24-19-25-16(20(21,22)23)9-17(26-19)30-10-13-7-5-6-8-14(13)15(11-28-3)18(27)29-4/h5-9,11-12H,10H2,1-4H3,(H,24,25,26)/b15-11-. The molecule has 0 aliphatic rings. The fourth-order valence-electron chi connectivity index (χ4n) is 2.48. The zero-order valence-electron chi connectivity index (χ0n) is 16.9. The third-order valence-corrected chi connectivity index (χ3v) is 3.73. The minimum absolute atomic E-state index is 0.139. The van der Waals surface area contributed by atoms with E-state index in [2.05, 4.69) is 15.3 Å². The highest BCUT2D eigenvalue weighted by Gasteiger charge is 2.34. The molecule has 0 atom stereocenters. The Kier molecular flexibility index (Phi) is 7.62. The number of esters is 1. The second kappa shape index (κ2) is 9.95. The van der Waals surface area contributed by atoms with Gasteiger partial charge in [0, 0.05) is 12.1 Å². The molecule has 0 radical (unpaired) electrons. The molecule has 0 aliphatic heterocycles. The summed E-state index contributed by atoms with van der Waals surface area (Å²) in [7, 11) is 2.61. The van der Waals surface area contributed by atoms with E-state index in [1.54, 1.807) is 38.1 Å². The van der Waals surface area contributed by atoms with Crippen molar-refractivity contribution in [3.05, 3.63) is 53.4 Å². The average molecular weight is 425 g/mol. The largest absolute Gasteiger partial charge is 0.503 e. The molecule has 0 saturated heterocycles. The number of nitrogens with zero attached hydrogens (tertiary/aromatic N) is 2. The Morgan fingerprint density at radius 1 is 1.20 bits per heavy atom. The molecule has 0 bridgehead atoms. The minimum Gasteiger partial charge on any atom is -0.503 e. The number of anilines is 1.